The van der Waals surface area contributed by atoms with Crippen LogP contribution in [0.15, 0.2) is 24.3 Å². The maximum Gasteiger partial charge on any atom is 0.315 e. The van der Waals surface area contributed by atoms with Crippen molar-refractivity contribution in [3.8, 4) is 0 Å². The number of carbonyl (C=O) groups excluding carboxylic acids is 1. The van der Waals surface area contributed by atoms with Crippen LogP contribution in [-0.2, 0) is 5.54 Å². The second-order valence-corrected chi connectivity index (χ2v) is 6.04. The van der Waals surface area contributed by atoms with Crippen molar-refractivity contribution in [1.82, 2.24) is 10.6 Å². The second kappa shape index (κ2) is 6.25. The maximum absolute atomic E-state index is 13.8. The molecule has 0 radical (unpaired) electrons. The van der Waals surface area contributed by atoms with E-state index in [9.17, 15) is 9.18 Å². The van der Waals surface area contributed by atoms with E-state index >= 15 is 0 Å². The van der Waals surface area contributed by atoms with Gasteiger partial charge in [0.05, 0.1) is 5.54 Å². The van der Waals surface area contributed by atoms with Crippen LogP contribution >= 0.6 is 0 Å². The van der Waals surface area contributed by atoms with Gasteiger partial charge in [-0.05, 0) is 32.8 Å². The van der Waals surface area contributed by atoms with Gasteiger partial charge in [-0.15, -0.1) is 0 Å². The van der Waals surface area contributed by atoms with E-state index in [4.69, 9.17) is 0 Å². The fourth-order valence-corrected chi connectivity index (χ4v) is 2.79. The Hall–Kier alpha value is -1.58. The summed E-state index contributed by atoms with van der Waals surface area (Å²) in [5.74, 6) is -0.296. The highest BCUT2D eigenvalue weighted by Crippen LogP contribution is 2.23. The first-order chi connectivity index (χ1) is 9.49. The molecule has 4 heteroatoms. The van der Waals surface area contributed by atoms with Gasteiger partial charge in [0.1, 0.15) is 5.82 Å². The molecule has 0 aromatic heterocycles. The van der Waals surface area contributed by atoms with Crippen molar-refractivity contribution in [2.45, 2.75) is 57.5 Å². The van der Waals surface area contributed by atoms with Gasteiger partial charge in [-0.2, -0.15) is 0 Å². The van der Waals surface area contributed by atoms with Gasteiger partial charge in [0, 0.05) is 11.6 Å². The van der Waals surface area contributed by atoms with Crippen LogP contribution in [0.4, 0.5) is 9.18 Å². The van der Waals surface area contributed by atoms with E-state index in [1.807, 2.05) is 13.8 Å². The molecule has 2 amide bonds. The Morgan fingerprint density at radius 1 is 1.20 bits per heavy atom. The highest BCUT2D eigenvalue weighted by Gasteiger charge is 2.26. The third-order valence-corrected chi connectivity index (χ3v) is 3.91. The lowest BCUT2D eigenvalue weighted by molar-refractivity contribution is 0.221. The zero-order valence-corrected chi connectivity index (χ0v) is 12.2. The molecule has 20 heavy (non-hydrogen) atoms. The van der Waals surface area contributed by atoms with Crippen LogP contribution in [0.2, 0.25) is 0 Å². The summed E-state index contributed by atoms with van der Waals surface area (Å²) >= 11 is 0. The standard InChI is InChI=1S/C16H23FN2O/c1-16(2,13-10-6-7-11-14(13)17)19-15(20)18-12-8-4-3-5-9-12/h6-7,10-12H,3-5,8-9H2,1-2H3,(H2,18,19,20). The third-order valence-electron chi connectivity index (χ3n) is 3.91. The van der Waals surface area contributed by atoms with Crippen molar-refractivity contribution >= 4 is 6.03 Å². The molecule has 2 N–H and O–H groups in total. The van der Waals surface area contributed by atoms with Crippen LogP contribution in [0, 0.1) is 5.82 Å². The molecule has 1 aliphatic carbocycles. The molecule has 0 unspecified atom stereocenters. The fraction of sp³-hybridized carbons (Fsp3) is 0.562. The average molecular weight is 278 g/mol. The lowest BCUT2D eigenvalue weighted by Gasteiger charge is -2.30. The van der Waals surface area contributed by atoms with E-state index in [2.05, 4.69) is 10.6 Å². The van der Waals surface area contributed by atoms with Gasteiger partial charge in [-0.3, -0.25) is 0 Å². The lowest BCUT2D eigenvalue weighted by Crippen LogP contribution is -2.50. The first kappa shape index (κ1) is 14.8. The first-order valence-corrected chi connectivity index (χ1v) is 7.33. The summed E-state index contributed by atoms with van der Waals surface area (Å²) in [6.07, 6.45) is 5.66. The smallest absolute Gasteiger partial charge is 0.315 e. The molecule has 1 aromatic carbocycles. The number of hydrogen-bond donors (Lipinski definition) is 2. The van der Waals surface area contributed by atoms with Crippen molar-refractivity contribution < 1.29 is 9.18 Å². The van der Waals surface area contributed by atoms with Crippen LogP contribution in [0.3, 0.4) is 0 Å². The summed E-state index contributed by atoms with van der Waals surface area (Å²) in [6.45, 7) is 3.62. The Kier molecular flexibility index (Phi) is 4.63. The quantitative estimate of drug-likeness (QED) is 0.869. The average Bonchev–Trinajstić information content (AvgIpc) is 2.39. The summed E-state index contributed by atoms with van der Waals surface area (Å²) < 4.78 is 13.8. The molecule has 1 aromatic rings. The van der Waals surface area contributed by atoms with Crippen molar-refractivity contribution in [2.24, 2.45) is 0 Å². The fourth-order valence-electron chi connectivity index (χ4n) is 2.79. The molecule has 1 saturated carbocycles. The maximum atomic E-state index is 13.8. The number of halogens is 1. The molecule has 0 heterocycles. The van der Waals surface area contributed by atoms with Gasteiger partial charge >= 0.3 is 6.03 Å². The van der Waals surface area contributed by atoms with Crippen LogP contribution in [-0.4, -0.2) is 12.1 Å². The van der Waals surface area contributed by atoms with Gasteiger partial charge in [0.2, 0.25) is 0 Å². The van der Waals surface area contributed by atoms with Gasteiger partial charge in [0.25, 0.3) is 0 Å². The summed E-state index contributed by atoms with van der Waals surface area (Å²) in [7, 11) is 0. The summed E-state index contributed by atoms with van der Waals surface area (Å²) in [6, 6.07) is 6.58. The van der Waals surface area contributed by atoms with Crippen molar-refractivity contribution in [3.05, 3.63) is 35.6 Å². The summed E-state index contributed by atoms with van der Waals surface area (Å²) in [5.41, 5.74) is -0.233. The van der Waals surface area contributed by atoms with Crippen LogP contribution in [0.5, 0.6) is 0 Å². The Bertz CT molecular complexity index is 467. The largest absolute Gasteiger partial charge is 0.335 e. The molecule has 0 atom stereocenters. The highest BCUT2D eigenvalue weighted by atomic mass is 19.1. The molecule has 1 fully saturated rings. The number of hydrogen-bond acceptors (Lipinski definition) is 1. The predicted molar refractivity (Wildman–Crippen MR) is 78.0 cm³/mol. The minimum Gasteiger partial charge on any atom is -0.335 e. The van der Waals surface area contributed by atoms with E-state index < -0.39 is 5.54 Å². The molecule has 0 bridgehead atoms. The van der Waals surface area contributed by atoms with Gasteiger partial charge in [-0.1, -0.05) is 37.5 Å². The Morgan fingerprint density at radius 2 is 1.85 bits per heavy atom. The van der Waals surface area contributed by atoms with Crippen molar-refractivity contribution in [3.63, 3.8) is 0 Å². The molecule has 0 spiro atoms. The zero-order valence-electron chi connectivity index (χ0n) is 12.2. The van der Waals surface area contributed by atoms with Gasteiger partial charge in [-0.25, -0.2) is 9.18 Å². The molecule has 110 valence electrons. The molecule has 1 aliphatic rings. The third kappa shape index (κ3) is 3.71. The van der Waals surface area contributed by atoms with Crippen molar-refractivity contribution in [2.75, 3.05) is 0 Å². The minimum atomic E-state index is -0.732. The predicted octanol–water partition coefficient (Wildman–Crippen LogP) is 3.69. The minimum absolute atomic E-state index is 0.217. The Balaban J connectivity index is 1.97. The SMILES string of the molecule is CC(C)(NC(=O)NC1CCCCC1)c1ccccc1F. The Morgan fingerprint density at radius 3 is 2.50 bits per heavy atom. The van der Waals surface area contributed by atoms with Crippen molar-refractivity contribution in [1.29, 1.82) is 0 Å². The zero-order chi connectivity index (χ0) is 14.6. The monoisotopic (exact) mass is 278 g/mol. The molecular formula is C16H23FN2O. The molecule has 0 saturated heterocycles. The molecular weight excluding hydrogens is 255 g/mol. The molecule has 2 rings (SSSR count). The van der Waals surface area contributed by atoms with Crippen LogP contribution < -0.4 is 10.6 Å². The number of nitrogens with one attached hydrogen (secondary N) is 2. The first-order valence-electron chi connectivity index (χ1n) is 7.33. The number of amides is 2. The number of benzene rings is 1. The van der Waals surface area contributed by atoms with Gasteiger partial charge < -0.3 is 10.6 Å². The second-order valence-electron chi connectivity index (χ2n) is 6.04. The van der Waals surface area contributed by atoms with E-state index in [0.717, 1.165) is 12.8 Å². The van der Waals surface area contributed by atoms with Gasteiger partial charge in [0.15, 0.2) is 0 Å². The topological polar surface area (TPSA) is 41.1 Å². The summed E-state index contributed by atoms with van der Waals surface area (Å²) in [4.78, 5) is 12.1. The van der Waals surface area contributed by atoms with E-state index in [1.54, 1.807) is 18.2 Å². The normalized spacial score (nSPS) is 16.8. The summed E-state index contributed by atoms with van der Waals surface area (Å²) in [5, 5.41) is 5.86. The van der Waals surface area contributed by atoms with E-state index in [-0.39, 0.29) is 17.9 Å². The number of urea groups is 1. The van der Waals surface area contributed by atoms with Crippen LogP contribution in [0.25, 0.3) is 0 Å². The van der Waals surface area contributed by atoms with Crippen LogP contribution in [0.1, 0.15) is 51.5 Å². The Labute approximate surface area is 120 Å². The molecule has 0 aliphatic heterocycles. The van der Waals surface area contributed by atoms with E-state index in [0.29, 0.717) is 5.56 Å². The molecule has 3 nitrogen and oxygen atoms in total. The highest BCUT2D eigenvalue weighted by molar-refractivity contribution is 5.75. The number of rotatable bonds is 3. The number of carbonyl (C=O) groups is 1. The lowest BCUT2D eigenvalue weighted by atomic mass is 9.93. The van der Waals surface area contributed by atoms with E-state index in [1.165, 1.54) is 25.3 Å².